The van der Waals surface area contributed by atoms with Crippen molar-refractivity contribution in [3.05, 3.63) is 59.7 Å². The molecule has 2 aromatic rings. The first-order chi connectivity index (χ1) is 12.1. The number of fused-ring (bicyclic) bond motifs is 1. The molecule has 0 aromatic heterocycles. The minimum atomic E-state index is 0.755. The lowest BCUT2D eigenvalue weighted by Crippen LogP contribution is -2.02. The van der Waals surface area contributed by atoms with Gasteiger partial charge in [-0.1, -0.05) is 89.6 Å². The van der Waals surface area contributed by atoms with Gasteiger partial charge in [0.05, 0.1) is 0 Å². The largest absolute Gasteiger partial charge is 0.0984 e. The molecule has 0 aliphatic carbocycles. The molecular formula is C25H34. The van der Waals surface area contributed by atoms with E-state index in [1.54, 1.807) is 0 Å². The fourth-order valence-corrected chi connectivity index (χ4v) is 3.87. The summed E-state index contributed by atoms with van der Waals surface area (Å²) < 4.78 is 0. The molecule has 0 bridgehead atoms. The smallest absolute Gasteiger partial charge is 0.0143 e. The molecule has 2 rings (SSSR count). The highest BCUT2D eigenvalue weighted by Crippen LogP contribution is 2.34. The lowest BCUT2D eigenvalue weighted by molar-refractivity contribution is 0.556. The van der Waals surface area contributed by atoms with Crippen molar-refractivity contribution in [1.82, 2.24) is 0 Å². The van der Waals surface area contributed by atoms with Gasteiger partial charge in [-0.2, -0.15) is 0 Å². The second-order valence-electron chi connectivity index (χ2n) is 7.48. The molecule has 2 aromatic carbocycles. The van der Waals surface area contributed by atoms with Crippen LogP contribution in [0.1, 0.15) is 75.1 Å². The van der Waals surface area contributed by atoms with Crippen molar-refractivity contribution in [3.63, 3.8) is 0 Å². The summed E-state index contributed by atoms with van der Waals surface area (Å²) >= 11 is 0. The van der Waals surface area contributed by atoms with Gasteiger partial charge in [0.25, 0.3) is 0 Å². The van der Waals surface area contributed by atoms with Crippen LogP contribution in [0.3, 0.4) is 0 Å². The van der Waals surface area contributed by atoms with Crippen LogP contribution in [-0.2, 0) is 12.8 Å². The van der Waals surface area contributed by atoms with Gasteiger partial charge in [-0.3, -0.25) is 0 Å². The number of benzene rings is 2. The van der Waals surface area contributed by atoms with E-state index in [-0.39, 0.29) is 0 Å². The minimum absolute atomic E-state index is 0.755. The van der Waals surface area contributed by atoms with Crippen molar-refractivity contribution in [1.29, 1.82) is 0 Å². The summed E-state index contributed by atoms with van der Waals surface area (Å²) in [6.07, 6.45) is 12.6. The van der Waals surface area contributed by atoms with Gasteiger partial charge < -0.3 is 0 Å². The normalized spacial score (nSPS) is 11.2. The van der Waals surface area contributed by atoms with Crippen molar-refractivity contribution in [2.75, 3.05) is 0 Å². The maximum Gasteiger partial charge on any atom is -0.0143 e. The Balaban J connectivity index is 2.57. The van der Waals surface area contributed by atoms with Crippen LogP contribution >= 0.6 is 0 Å². The number of rotatable bonds is 10. The van der Waals surface area contributed by atoms with E-state index < -0.39 is 0 Å². The molecule has 0 aliphatic heterocycles. The Labute approximate surface area is 154 Å². The summed E-state index contributed by atoms with van der Waals surface area (Å²) in [4.78, 5) is 0. The summed E-state index contributed by atoms with van der Waals surface area (Å²) in [7, 11) is 0. The maximum atomic E-state index is 4.14. The van der Waals surface area contributed by atoms with Gasteiger partial charge in [0.15, 0.2) is 0 Å². The van der Waals surface area contributed by atoms with E-state index >= 15 is 0 Å². The van der Waals surface area contributed by atoms with E-state index in [4.69, 9.17) is 0 Å². The Bertz CT molecular complexity index is 718. The van der Waals surface area contributed by atoms with Crippen LogP contribution in [0.15, 0.2) is 37.4 Å². The van der Waals surface area contributed by atoms with Crippen molar-refractivity contribution in [3.8, 4) is 0 Å². The zero-order valence-electron chi connectivity index (χ0n) is 16.4. The monoisotopic (exact) mass is 334 g/mol. The highest BCUT2D eigenvalue weighted by atomic mass is 14.2. The summed E-state index contributed by atoms with van der Waals surface area (Å²) in [5, 5.41) is 2.83. The Morgan fingerprint density at radius 1 is 0.840 bits per heavy atom. The number of aryl methyl sites for hydroxylation is 2. The van der Waals surface area contributed by atoms with Crippen LogP contribution in [0.2, 0.25) is 0 Å². The topological polar surface area (TPSA) is 0 Å². The standard InChI is InChI=1S/C25H34/c1-6-9-10-15-22-20(7-2)21(8-3)23(18-13-14-19(4)5)25-17-12-11-16-24(22)25/h7-8,11-12,16-17,19H,2-3,6,9-10,13-15,18H2,1,4-5H3. The zero-order valence-corrected chi connectivity index (χ0v) is 16.4. The summed E-state index contributed by atoms with van der Waals surface area (Å²) in [5.74, 6) is 0.755. The Kier molecular flexibility index (Phi) is 7.50. The van der Waals surface area contributed by atoms with Crippen LogP contribution < -0.4 is 0 Å². The molecule has 0 N–H and O–H groups in total. The highest BCUT2D eigenvalue weighted by Gasteiger charge is 2.15. The van der Waals surface area contributed by atoms with E-state index in [0.29, 0.717) is 0 Å². The molecule has 0 nitrogen and oxygen atoms in total. The third-order valence-corrected chi connectivity index (χ3v) is 5.16. The van der Waals surface area contributed by atoms with Gasteiger partial charge in [0, 0.05) is 0 Å². The number of hydrogen-bond donors (Lipinski definition) is 0. The Morgan fingerprint density at radius 3 is 1.80 bits per heavy atom. The fraction of sp³-hybridized carbons (Fsp3) is 0.440. The van der Waals surface area contributed by atoms with Crippen LogP contribution in [0.4, 0.5) is 0 Å². The maximum absolute atomic E-state index is 4.14. The molecule has 0 spiro atoms. The van der Waals surface area contributed by atoms with Crippen LogP contribution in [0, 0.1) is 5.92 Å². The molecule has 25 heavy (non-hydrogen) atoms. The molecule has 0 heterocycles. The van der Waals surface area contributed by atoms with Crippen LogP contribution in [-0.4, -0.2) is 0 Å². The van der Waals surface area contributed by atoms with Crippen molar-refractivity contribution >= 4 is 22.9 Å². The zero-order chi connectivity index (χ0) is 18.2. The number of hydrogen-bond acceptors (Lipinski definition) is 0. The Morgan fingerprint density at radius 2 is 1.36 bits per heavy atom. The average molecular weight is 335 g/mol. The molecular weight excluding hydrogens is 300 g/mol. The SMILES string of the molecule is C=Cc1c(C=C)c(CCCC(C)C)c2ccccc2c1CCCCC. The molecule has 0 aliphatic rings. The van der Waals surface area contributed by atoms with E-state index in [2.05, 4.69) is 70.3 Å². The Hall–Kier alpha value is -1.82. The first-order valence-electron chi connectivity index (χ1n) is 9.95. The second-order valence-corrected chi connectivity index (χ2v) is 7.48. The summed E-state index contributed by atoms with van der Waals surface area (Å²) in [6, 6.07) is 8.93. The molecule has 0 unspecified atom stereocenters. The van der Waals surface area contributed by atoms with Crippen LogP contribution in [0.25, 0.3) is 22.9 Å². The average Bonchev–Trinajstić information content (AvgIpc) is 2.62. The lowest BCUT2D eigenvalue weighted by Gasteiger charge is -2.20. The number of unbranched alkanes of at least 4 members (excludes halogenated alkanes) is 2. The quantitative estimate of drug-likeness (QED) is 0.388. The second kappa shape index (κ2) is 9.61. The molecule has 0 heteroatoms. The van der Waals surface area contributed by atoms with E-state index in [1.165, 1.54) is 65.1 Å². The fourth-order valence-electron chi connectivity index (χ4n) is 3.87. The first kappa shape index (κ1) is 19.5. The lowest BCUT2D eigenvalue weighted by atomic mass is 9.84. The third-order valence-electron chi connectivity index (χ3n) is 5.16. The molecule has 0 saturated carbocycles. The van der Waals surface area contributed by atoms with E-state index in [9.17, 15) is 0 Å². The minimum Gasteiger partial charge on any atom is -0.0984 e. The van der Waals surface area contributed by atoms with Crippen molar-refractivity contribution < 1.29 is 0 Å². The van der Waals surface area contributed by atoms with Crippen molar-refractivity contribution in [2.24, 2.45) is 5.92 Å². The molecule has 134 valence electrons. The predicted molar refractivity (Wildman–Crippen MR) is 115 cm³/mol. The van der Waals surface area contributed by atoms with E-state index in [0.717, 1.165) is 18.8 Å². The van der Waals surface area contributed by atoms with Gasteiger partial charge in [-0.15, -0.1) is 0 Å². The van der Waals surface area contributed by atoms with Crippen molar-refractivity contribution in [2.45, 2.75) is 65.7 Å². The predicted octanol–water partition coefficient (Wildman–Crippen LogP) is 7.84. The van der Waals surface area contributed by atoms with Gasteiger partial charge in [0.2, 0.25) is 0 Å². The molecule has 0 radical (unpaired) electrons. The summed E-state index contributed by atoms with van der Waals surface area (Å²) in [5.41, 5.74) is 5.54. The van der Waals surface area contributed by atoms with Gasteiger partial charge >= 0.3 is 0 Å². The van der Waals surface area contributed by atoms with Gasteiger partial charge in [-0.05, 0) is 64.6 Å². The van der Waals surface area contributed by atoms with Gasteiger partial charge in [-0.25, -0.2) is 0 Å². The van der Waals surface area contributed by atoms with Gasteiger partial charge in [0.1, 0.15) is 0 Å². The summed E-state index contributed by atoms with van der Waals surface area (Å²) in [6.45, 7) is 15.1. The molecule has 0 amide bonds. The third kappa shape index (κ3) is 4.63. The first-order valence-corrected chi connectivity index (χ1v) is 9.95. The van der Waals surface area contributed by atoms with E-state index in [1.807, 2.05) is 0 Å². The molecule has 0 fully saturated rings. The molecule has 0 atom stereocenters. The van der Waals surface area contributed by atoms with Crippen LogP contribution in [0.5, 0.6) is 0 Å². The molecule has 0 saturated heterocycles. The highest BCUT2D eigenvalue weighted by molar-refractivity contribution is 5.95.